The lowest BCUT2D eigenvalue weighted by atomic mass is 10.0. The average molecular weight is 206 g/mol. The van der Waals surface area contributed by atoms with Crippen LogP contribution in [0.3, 0.4) is 0 Å². The molecule has 0 aliphatic rings. The molecule has 0 bridgehead atoms. The van der Waals surface area contributed by atoms with Crippen LogP contribution in [-0.4, -0.2) is 62.2 Å². The first-order valence-electron chi connectivity index (χ1n) is 3.57. The maximum atomic E-state index is 9.96. The summed E-state index contributed by atoms with van der Waals surface area (Å²) in [5, 5.41) is 44.2. The van der Waals surface area contributed by atoms with E-state index in [1.165, 1.54) is 0 Å². The van der Waals surface area contributed by atoms with Gasteiger partial charge < -0.3 is 30.3 Å². The van der Waals surface area contributed by atoms with Crippen molar-refractivity contribution < 1.29 is 35.1 Å². The number of rotatable bonds is 5. The normalized spacial score (nSPS) is 18.9. The van der Waals surface area contributed by atoms with Crippen molar-refractivity contribution in [1.82, 2.24) is 0 Å². The van der Waals surface area contributed by atoms with Crippen LogP contribution in [0.5, 0.6) is 0 Å². The van der Waals surface area contributed by atoms with E-state index in [4.69, 9.17) is 25.5 Å². The number of carbonyl (C=O) groups excluding carboxylic acids is 2. The van der Waals surface area contributed by atoms with Crippen molar-refractivity contribution in [2.75, 3.05) is 0 Å². The number of aliphatic hydroxyl groups excluding tert-OH is 5. The lowest BCUT2D eigenvalue weighted by Crippen LogP contribution is -2.45. The van der Waals surface area contributed by atoms with E-state index >= 15 is 0 Å². The molecule has 0 spiro atoms. The molecule has 0 fully saturated rings. The Balaban J connectivity index is 4.53. The molecule has 0 aromatic heterocycles. The van der Waals surface area contributed by atoms with Crippen molar-refractivity contribution in [1.29, 1.82) is 0 Å². The molecule has 0 heterocycles. The molecule has 7 nitrogen and oxygen atoms in total. The van der Waals surface area contributed by atoms with Crippen LogP contribution in [0.2, 0.25) is 0 Å². The van der Waals surface area contributed by atoms with Gasteiger partial charge in [0.15, 0.2) is 18.3 Å². The SMILES string of the molecule is O=C=C(O)[C@@H](O)[C@@H](O)[C@H](O)[C@@H](O)C=O. The Morgan fingerprint density at radius 3 is 2.00 bits per heavy atom. The van der Waals surface area contributed by atoms with Gasteiger partial charge in [-0.3, -0.25) is 0 Å². The molecule has 0 saturated carbocycles. The first-order chi connectivity index (χ1) is 6.45. The summed E-state index contributed by atoms with van der Waals surface area (Å²) >= 11 is 0. The predicted molar refractivity (Wildman–Crippen MR) is 41.9 cm³/mol. The van der Waals surface area contributed by atoms with Gasteiger partial charge in [-0.2, -0.15) is 0 Å². The van der Waals surface area contributed by atoms with Crippen molar-refractivity contribution in [2.45, 2.75) is 24.4 Å². The molecule has 14 heavy (non-hydrogen) atoms. The molecule has 5 N–H and O–H groups in total. The molecule has 0 saturated heterocycles. The third-order valence-corrected chi connectivity index (χ3v) is 1.55. The van der Waals surface area contributed by atoms with Crippen LogP contribution >= 0.6 is 0 Å². The Kier molecular flexibility index (Phi) is 5.00. The van der Waals surface area contributed by atoms with Crippen LogP contribution < -0.4 is 0 Å². The van der Waals surface area contributed by atoms with Gasteiger partial charge in [0.05, 0.1) is 0 Å². The Morgan fingerprint density at radius 2 is 1.64 bits per heavy atom. The minimum Gasteiger partial charge on any atom is -0.500 e. The van der Waals surface area contributed by atoms with Crippen LogP contribution in [0.15, 0.2) is 5.76 Å². The molecule has 0 radical (unpaired) electrons. The maximum Gasteiger partial charge on any atom is 0.208 e. The topological polar surface area (TPSA) is 135 Å². The third kappa shape index (κ3) is 2.91. The van der Waals surface area contributed by atoms with Crippen LogP contribution in [0, 0.1) is 0 Å². The molecule has 0 amide bonds. The van der Waals surface area contributed by atoms with Crippen molar-refractivity contribution in [3.63, 3.8) is 0 Å². The molecule has 0 aromatic carbocycles. The molecule has 0 aromatic rings. The van der Waals surface area contributed by atoms with Gasteiger partial charge in [0.25, 0.3) is 0 Å². The number of hydrogen-bond acceptors (Lipinski definition) is 7. The van der Waals surface area contributed by atoms with Crippen LogP contribution in [0.1, 0.15) is 0 Å². The number of aliphatic hydroxyl groups is 5. The maximum absolute atomic E-state index is 9.96. The molecular formula is C7H10O7. The van der Waals surface area contributed by atoms with E-state index in [9.17, 15) is 9.59 Å². The first-order valence-corrected chi connectivity index (χ1v) is 3.57. The summed E-state index contributed by atoms with van der Waals surface area (Å²) in [6.45, 7) is 0. The minimum absolute atomic E-state index is 0.0672. The molecular weight excluding hydrogens is 196 g/mol. The second kappa shape index (κ2) is 5.48. The first kappa shape index (κ1) is 12.8. The Labute approximate surface area is 78.5 Å². The van der Waals surface area contributed by atoms with Crippen molar-refractivity contribution >= 4 is 12.2 Å². The van der Waals surface area contributed by atoms with Crippen molar-refractivity contribution in [3.8, 4) is 0 Å². The predicted octanol–water partition coefficient (Wildman–Crippen LogP) is -3.10. The summed E-state index contributed by atoms with van der Waals surface area (Å²) in [5.41, 5.74) is 0. The number of hydrogen-bond donors (Lipinski definition) is 5. The highest BCUT2D eigenvalue weighted by atomic mass is 16.4. The van der Waals surface area contributed by atoms with Gasteiger partial charge in [0.2, 0.25) is 5.76 Å². The largest absolute Gasteiger partial charge is 0.500 e. The Morgan fingerprint density at radius 1 is 1.14 bits per heavy atom. The molecule has 0 aliphatic carbocycles. The zero-order valence-corrected chi connectivity index (χ0v) is 6.94. The number of carbonyl (C=O) groups is 1. The highest BCUT2D eigenvalue weighted by molar-refractivity contribution is 5.57. The summed E-state index contributed by atoms with van der Waals surface area (Å²) in [7, 11) is 0. The molecule has 7 heteroatoms. The fourth-order valence-electron chi connectivity index (χ4n) is 0.691. The van der Waals surface area contributed by atoms with Crippen molar-refractivity contribution in [2.24, 2.45) is 0 Å². The zero-order chi connectivity index (χ0) is 11.3. The minimum atomic E-state index is -2.10. The second-order valence-electron chi connectivity index (χ2n) is 2.54. The van der Waals surface area contributed by atoms with E-state index in [1.54, 1.807) is 0 Å². The van der Waals surface area contributed by atoms with Gasteiger partial charge in [-0.15, -0.1) is 0 Å². The molecule has 4 atom stereocenters. The van der Waals surface area contributed by atoms with Gasteiger partial charge in [0, 0.05) is 0 Å². The van der Waals surface area contributed by atoms with Crippen molar-refractivity contribution in [3.05, 3.63) is 5.76 Å². The second-order valence-corrected chi connectivity index (χ2v) is 2.54. The average Bonchev–Trinajstić information content (AvgIpc) is 2.23. The lowest BCUT2D eigenvalue weighted by molar-refractivity contribution is -0.132. The summed E-state index contributed by atoms with van der Waals surface area (Å²) in [4.78, 5) is 19.8. The van der Waals surface area contributed by atoms with E-state index in [2.05, 4.69) is 0 Å². The number of aldehydes is 1. The highest BCUT2D eigenvalue weighted by Gasteiger charge is 2.32. The molecule has 0 rings (SSSR count). The smallest absolute Gasteiger partial charge is 0.208 e. The fraction of sp³-hybridized carbons (Fsp3) is 0.571. The van der Waals surface area contributed by atoms with E-state index < -0.39 is 30.2 Å². The standard InChI is InChI=1S/C7H10O7/c8-1-3(10)5(12)7(14)6(13)4(11)2-9/h1,3,5-7,10-14H/t3-,5+,6+,7-/m0/s1. The third-order valence-electron chi connectivity index (χ3n) is 1.55. The van der Waals surface area contributed by atoms with Crippen LogP contribution in [-0.2, 0) is 9.59 Å². The van der Waals surface area contributed by atoms with Crippen LogP contribution in [0.4, 0.5) is 0 Å². The summed E-state index contributed by atoms with van der Waals surface area (Å²) in [6.07, 6.45) is -8.15. The Hall–Kier alpha value is -1.24. The summed E-state index contributed by atoms with van der Waals surface area (Å²) in [5.74, 6) is -0.339. The summed E-state index contributed by atoms with van der Waals surface area (Å²) in [6, 6.07) is 0. The van der Waals surface area contributed by atoms with Gasteiger partial charge in [-0.05, 0) is 0 Å². The van der Waals surface area contributed by atoms with Gasteiger partial charge in [0.1, 0.15) is 18.3 Å². The summed E-state index contributed by atoms with van der Waals surface area (Å²) < 4.78 is 0. The van der Waals surface area contributed by atoms with Gasteiger partial charge in [-0.1, -0.05) is 0 Å². The highest BCUT2D eigenvalue weighted by Crippen LogP contribution is 2.07. The molecule has 0 aliphatic heterocycles. The Bertz CT molecular complexity index is 244. The fourth-order valence-corrected chi connectivity index (χ4v) is 0.691. The van der Waals surface area contributed by atoms with Crippen LogP contribution in [0.25, 0.3) is 0 Å². The van der Waals surface area contributed by atoms with E-state index in [1.807, 2.05) is 0 Å². The van der Waals surface area contributed by atoms with E-state index in [0.717, 1.165) is 5.94 Å². The van der Waals surface area contributed by atoms with E-state index in [0.29, 0.717) is 0 Å². The zero-order valence-electron chi connectivity index (χ0n) is 6.94. The van der Waals surface area contributed by atoms with E-state index in [-0.39, 0.29) is 6.29 Å². The molecule has 80 valence electrons. The van der Waals surface area contributed by atoms with Gasteiger partial charge >= 0.3 is 0 Å². The monoisotopic (exact) mass is 206 g/mol. The van der Waals surface area contributed by atoms with Gasteiger partial charge in [-0.25, -0.2) is 4.79 Å². The lowest BCUT2D eigenvalue weighted by Gasteiger charge is -2.22. The molecule has 0 unspecified atom stereocenters. The quantitative estimate of drug-likeness (QED) is 0.182.